The van der Waals surface area contributed by atoms with Crippen molar-refractivity contribution in [3.63, 3.8) is 0 Å². The monoisotopic (exact) mass is 481 g/mol. The number of ether oxygens (including phenoxy) is 1. The fourth-order valence-corrected chi connectivity index (χ4v) is 4.90. The number of likely N-dealkylation sites (tertiary alicyclic amines) is 2. The molecule has 7 nitrogen and oxygen atoms in total. The highest BCUT2D eigenvalue weighted by Crippen LogP contribution is 2.25. The quantitative estimate of drug-likeness (QED) is 0.685. The van der Waals surface area contributed by atoms with Gasteiger partial charge in [0, 0.05) is 37.3 Å². The van der Waals surface area contributed by atoms with Crippen LogP contribution in [-0.4, -0.2) is 66.9 Å². The second kappa shape index (κ2) is 11.3. The van der Waals surface area contributed by atoms with E-state index < -0.39 is 11.9 Å². The maximum Gasteiger partial charge on any atom is 0.253 e. The third-order valence-corrected chi connectivity index (χ3v) is 6.94. The van der Waals surface area contributed by atoms with E-state index in [2.05, 4.69) is 5.32 Å². The molecule has 0 bridgehead atoms. The van der Waals surface area contributed by atoms with Crippen molar-refractivity contribution < 1.29 is 23.5 Å². The van der Waals surface area contributed by atoms with Crippen LogP contribution in [0.15, 0.2) is 48.5 Å². The van der Waals surface area contributed by atoms with E-state index in [-0.39, 0.29) is 23.6 Å². The van der Waals surface area contributed by atoms with Crippen molar-refractivity contribution in [2.45, 2.75) is 38.1 Å². The predicted octanol–water partition coefficient (Wildman–Crippen LogP) is 3.50. The van der Waals surface area contributed by atoms with E-state index >= 15 is 0 Å². The number of carbonyl (C=O) groups excluding carboxylic acids is 3. The lowest BCUT2D eigenvalue weighted by molar-refractivity contribution is -0.136. The van der Waals surface area contributed by atoms with Gasteiger partial charge in [-0.2, -0.15) is 0 Å². The number of methoxy groups -OCH3 is 1. The second-order valence-electron chi connectivity index (χ2n) is 9.21. The van der Waals surface area contributed by atoms with Gasteiger partial charge in [0.2, 0.25) is 5.91 Å². The van der Waals surface area contributed by atoms with Crippen LogP contribution in [0.1, 0.15) is 52.8 Å². The van der Waals surface area contributed by atoms with Gasteiger partial charge in [-0.05, 0) is 80.5 Å². The normalized spacial score (nSPS) is 17.5. The van der Waals surface area contributed by atoms with Crippen LogP contribution < -0.4 is 10.1 Å². The van der Waals surface area contributed by atoms with Crippen molar-refractivity contribution in [1.82, 2.24) is 15.1 Å². The Morgan fingerprint density at radius 3 is 2.23 bits per heavy atom. The molecule has 2 heterocycles. The lowest BCUT2D eigenvalue weighted by Gasteiger charge is -2.38. The van der Waals surface area contributed by atoms with Gasteiger partial charge in [0.15, 0.2) is 0 Å². The molecule has 0 aliphatic carbocycles. The highest BCUT2D eigenvalue weighted by atomic mass is 19.1. The second-order valence-corrected chi connectivity index (χ2v) is 9.21. The summed E-state index contributed by atoms with van der Waals surface area (Å²) in [5, 5.41) is 3.00. The first-order chi connectivity index (χ1) is 17.0. The molecule has 2 aliphatic rings. The number of piperidine rings is 2. The third-order valence-electron chi connectivity index (χ3n) is 6.94. The van der Waals surface area contributed by atoms with Gasteiger partial charge in [-0.3, -0.25) is 14.4 Å². The minimum Gasteiger partial charge on any atom is -0.497 e. The highest BCUT2D eigenvalue weighted by molar-refractivity contribution is 5.98. The molecule has 0 unspecified atom stereocenters. The SMILES string of the molecule is COc1ccc(C(=O)N[C@H](C(=O)N2CCCCC2)C2CCN(C(=O)c3cccc(F)c3)CC2)cc1. The van der Waals surface area contributed by atoms with Gasteiger partial charge in [-0.25, -0.2) is 4.39 Å². The lowest BCUT2D eigenvalue weighted by atomic mass is 9.87. The molecule has 2 saturated heterocycles. The predicted molar refractivity (Wildman–Crippen MR) is 130 cm³/mol. The van der Waals surface area contributed by atoms with Gasteiger partial charge >= 0.3 is 0 Å². The van der Waals surface area contributed by atoms with E-state index in [4.69, 9.17) is 4.74 Å². The summed E-state index contributed by atoms with van der Waals surface area (Å²) in [6.45, 7) is 2.29. The van der Waals surface area contributed by atoms with Gasteiger partial charge in [0.05, 0.1) is 7.11 Å². The van der Waals surface area contributed by atoms with Gasteiger partial charge in [0.1, 0.15) is 17.6 Å². The van der Waals surface area contributed by atoms with Crippen LogP contribution in [0.2, 0.25) is 0 Å². The molecular weight excluding hydrogens is 449 g/mol. The molecule has 0 saturated carbocycles. The van der Waals surface area contributed by atoms with Crippen molar-refractivity contribution in [2.75, 3.05) is 33.3 Å². The number of halogens is 1. The first-order valence-corrected chi connectivity index (χ1v) is 12.2. The molecular formula is C27H32FN3O4. The maximum atomic E-state index is 13.6. The van der Waals surface area contributed by atoms with E-state index in [1.807, 2.05) is 4.90 Å². The average molecular weight is 482 g/mol. The molecule has 3 amide bonds. The first-order valence-electron chi connectivity index (χ1n) is 12.2. The Kier molecular flexibility index (Phi) is 8.00. The van der Waals surface area contributed by atoms with Crippen LogP contribution in [0.5, 0.6) is 5.75 Å². The number of nitrogens with one attached hydrogen (secondary N) is 1. The molecule has 1 atom stereocenters. The topological polar surface area (TPSA) is 79.0 Å². The number of rotatable bonds is 6. The third kappa shape index (κ3) is 5.99. The summed E-state index contributed by atoms with van der Waals surface area (Å²) in [5.74, 6) is -0.466. The smallest absolute Gasteiger partial charge is 0.253 e. The van der Waals surface area contributed by atoms with Crippen LogP contribution in [0.3, 0.4) is 0 Å². The summed E-state index contributed by atoms with van der Waals surface area (Å²) in [5.41, 5.74) is 0.776. The first kappa shape index (κ1) is 24.7. The Bertz CT molecular complexity index is 1040. The minimum absolute atomic E-state index is 0.0542. The fraction of sp³-hybridized carbons (Fsp3) is 0.444. The van der Waals surface area contributed by atoms with Crippen LogP contribution in [0.25, 0.3) is 0 Å². The van der Waals surface area contributed by atoms with E-state index in [0.717, 1.165) is 19.3 Å². The molecule has 0 spiro atoms. The molecule has 0 radical (unpaired) electrons. The van der Waals surface area contributed by atoms with Crippen molar-refractivity contribution in [1.29, 1.82) is 0 Å². The molecule has 2 aliphatic heterocycles. The summed E-state index contributed by atoms with van der Waals surface area (Å²) in [6, 6.07) is 11.8. The molecule has 35 heavy (non-hydrogen) atoms. The molecule has 4 rings (SSSR count). The standard InChI is InChI=1S/C27H32FN3O4/c1-35-23-10-8-20(9-11-23)25(32)29-24(27(34)30-14-3-2-4-15-30)19-12-16-31(17-13-19)26(33)21-6-5-7-22(28)18-21/h5-11,18-19,24H,2-4,12-17H2,1H3,(H,29,32)/t24-/m0/s1. The Labute approximate surface area is 205 Å². The highest BCUT2D eigenvalue weighted by Gasteiger charge is 2.36. The molecule has 8 heteroatoms. The van der Waals surface area contributed by atoms with Crippen molar-refractivity contribution in [2.24, 2.45) is 5.92 Å². The van der Waals surface area contributed by atoms with E-state index in [0.29, 0.717) is 55.9 Å². The Morgan fingerprint density at radius 1 is 0.914 bits per heavy atom. The zero-order valence-corrected chi connectivity index (χ0v) is 20.0. The molecule has 2 fully saturated rings. The van der Waals surface area contributed by atoms with E-state index in [1.165, 1.54) is 18.2 Å². The maximum absolute atomic E-state index is 13.6. The summed E-state index contributed by atoms with van der Waals surface area (Å²) >= 11 is 0. The zero-order chi connectivity index (χ0) is 24.8. The molecule has 186 valence electrons. The number of hydrogen-bond donors (Lipinski definition) is 1. The summed E-state index contributed by atoms with van der Waals surface area (Å²) in [4.78, 5) is 42.9. The average Bonchev–Trinajstić information content (AvgIpc) is 2.91. The molecule has 2 aromatic rings. The van der Waals surface area contributed by atoms with E-state index in [1.54, 1.807) is 42.3 Å². The zero-order valence-electron chi connectivity index (χ0n) is 20.0. The largest absolute Gasteiger partial charge is 0.497 e. The minimum atomic E-state index is -0.658. The Hall–Kier alpha value is -3.42. The number of amides is 3. The lowest BCUT2D eigenvalue weighted by Crippen LogP contribution is -2.55. The van der Waals surface area contributed by atoms with Crippen molar-refractivity contribution in [3.8, 4) is 5.75 Å². The summed E-state index contributed by atoms with van der Waals surface area (Å²) in [7, 11) is 1.56. The van der Waals surface area contributed by atoms with Crippen molar-refractivity contribution >= 4 is 17.7 Å². The van der Waals surface area contributed by atoms with Crippen LogP contribution in [0, 0.1) is 11.7 Å². The number of benzene rings is 2. The molecule has 2 aromatic carbocycles. The van der Waals surface area contributed by atoms with Gasteiger partial charge < -0.3 is 19.9 Å². The number of hydrogen-bond acceptors (Lipinski definition) is 4. The van der Waals surface area contributed by atoms with Crippen molar-refractivity contribution in [3.05, 3.63) is 65.5 Å². The van der Waals surface area contributed by atoms with Crippen LogP contribution >= 0.6 is 0 Å². The van der Waals surface area contributed by atoms with Crippen LogP contribution in [0.4, 0.5) is 4.39 Å². The van der Waals surface area contributed by atoms with Crippen LogP contribution in [-0.2, 0) is 4.79 Å². The van der Waals surface area contributed by atoms with Gasteiger partial charge in [0.25, 0.3) is 11.8 Å². The van der Waals surface area contributed by atoms with E-state index in [9.17, 15) is 18.8 Å². The Morgan fingerprint density at radius 2 is 1.60 bits per heavy atom. The van der Waals surface area contributed by atoms with Gasteiger partial charge in [-0.1, -0.05) is 6.07 Å². The Balaban J connectivity index is 1.46. The number of nitrogens with zero attached hydrogens (tertiary/aromatic N) is 2. The summed E-state index contributed by atoms with van der Waals surface area (Å²) < 4.78 is 18.7. The summed E-state index contributed by atoms with van der Waals surface area (Å²) in [6.07, 6.45) is 4.19. The van der Waals surface area contributed by atoms with Gasteiger partial charge in [-0.15, -0.1) is 0 Å². The number of carbonyl (C=O) groups is 3. The molecule has 1 N–H and O–H groups in total. The fourth-order valence-electron chi connectivity index (χ4n) is 4.90. The molecule has 0 aromatic heterocycles.